The highest BCUT2D eigenvalue weighted by atomic mass is 16.5. The lowest BCUT2D eigenvalue weighted by Crippen LogP contribution is -2.08. The summed E-state index contributed by atoms with van der Waals surface area (Å²) in [6.45, 7) is 0.267. The van der Waals surface area contributed by atoms with E-state index < -0.39 is 5.97 Å². The van der Waals surface area contributed by atoms with Crippen molar-refractivity contribution in [2.24, 2.45) is 0 Å². The molecule has 0 aliphatic carbocycles. The van der Waals surface area contributed by atoms with E-state index in [0.717, 1.165) is 11.3 Å². The van der Waals surface area contributed by atoms with Gasteiger partial charge in [0.15, 0.2) is 0 Å². The highest BCUT2D eigenvalue weighted by molar-refractivity contribution is 6.16. The molecule has 0 atom stereocenters. The van der Waals surface area contributed by atoms with Crippen LogP contribution in [0.15, 0.2) is 85.1 Å². The van der Waals surface area contributed by atoms with Gasteiger partial charge in [0, 0.05) is 6.07 Å². The summed E-state index contributed by atoms with van der Waals surface area (Å²) in [6.07, 6.45) is 1.37. The van der Waals surface area contributed by atoms with Crippen LogP contribution in [0.5, 0.6) is 17.2 Å². The molecule has 0 aliphatic heterocycles. The summed E-state index contributed by atoms with van der Waals surface area (Å²) in [5.74, 6) is 1.61. The predicted molar refractivity (Wildman–Crippen MR) is 111 cm³/mol. The summed E-state index contributed by atoms with van der Waals surface area (Å²) >= 11 is 0. The first-order chi connectivity index (χ1) is 14.2. The van der Waals surface area contributed by atoms with Gasteiger partial charge in [0.25, 0.3) is 0 Å². The van der Waals surface area contributed by atoms with Crippen molar-refractivity contribution >= 4 is 11.5 Å². The molecule has 0 fully saturated rings. The molecule has 3 rings (SSSR count). The molecule has 0 aliphatic rings. The van der Waals surface area contributed by atoms with Crippen molar-refractivity contribution in [2.75, 3.05) is 14.2 Å². The van der Waals surface area contributed by atoms with Gasteiger partial charge in [0.05, 0.1) is 20.5 Å². The quantitative estimate of drug-likeness (QED) is 0.300. The predicted octanol–water partition coefficient (Wildman–Crippen LogP) is 5.22. The van der Waals surface area contributed by atoms with Gasteiger partial charge in [-0.3, -0.25) is 0 Å². The zero-order valence-electron chi connectivity index (χ0n) is 16.3. The highest BCUT2D eigenvalue weighted by Gasteiger charge is 2.17. The molecular weight excluding hydrogens is 368 g/mol. The molecule has 5 heteroatoms. The molecule has 0 aromatic heterocycles. The van der Waals surface area contributed by atoms with Crippen LogP contribution < -0.4 is 9.47 Å². The lowest BCUT2D eigenvalue weighted by atomic mass is 10.0. The molecule has 148 valence electrons. The molecule has 0 unspecified atom stereocenters. The molecule has 3 aromatic carbocycles. The highest BCUT2D eigenvalue weighted by Crippen LogP contribution is 2.27. The van der Waals surface area contributed by atoms with E-state index in [0.29, 0.717) is 22.6 Å². The topological polar surface area (TPSA) is 54.0 Å². The monoisotopic (exact) mass is 390 g/mol. The van der Waals surface area contributed by atoms with Gasteiger partial charge in [-0.25, -0.2) is 4.79 Å². The molecule has 3 aromatic rings. The summed E-state index contributed by atoms with van der Waals surface area (Å²) in [4.78, 5) is 12.1. The van der Waals surface area contributed by atoms with Gasteiger partial charge in [-0.2, -0.15) is 0 Å². The lowest BCUT2D eigenvalue weighted by molar-refractivity contribution is -0.133. The van der Waals surface area contributed by atoms with Crippen LogP contribution in [-0.4, -0.2) is 20.2 Å². The fraction of sp³-hybridized carbons (Fsp3) is 0.125. The van der Waals surface area contributed by atoms with Crippen LogP contribution in [0.4, 0.5) is 0 Å². The molecule has 0 saturated carbocycles. The number of benzene rings is 3. The van der Waals surface area contributed by atoms with Crippen LogP contribution in [0.2, 0.25) is 0 Å². The number of hydrogen-bond donors (Lipinski definition) is 0. The second-order valence-electron chi connectivity index (χ2n) is 6.09. The Balaban J connectivity index is 1.76. The van der Waals surface area contributed by atoms with Gasteiger partial charge in [0.2, 0.25) is 0 Å². The number of esters is 1. The molecule has 29 heavy (non-hydrogen) atoms. The van der Waals surface area contributed by atoms with Crippen molar-refractivity contribution in [3.05, 3.63) is 96.3 Å². The molecule has 0 amide bonds. The normalized spacial score (nSPS) is 10.9. The molecule has 0 saturated heterocycles. The van der Waals surface area contributed by atoms with E-state index >= 15 is 0 Å². The summed E-state index contributed by atoms with van der Waals surface area (Å²) in [5, 5.41) is 0. The van der Waals surface area contributed by atoms with Gasteiger partial charge in [-0.15, -0.1) is 0 Å². The minimum Gasteiger partial charge on any atom is -0.503 e. The number of para-hydroxylation sites is 1. The maximum atomic E-state index is 12.1. The zero-order valence-corrected chi connectivity index (χ0v) is 16.3. The Bertz CT molecular complexity index is 979. The molecular formula is C24H22O5. The smallest absolute Gasteiger partial charge is 0.341 e. The maximum Gasteiger partial charge on any atom is 0.341 e. The molecule has 5 nitrogen and oxygen atoms in total. The van der Waals surface area contributed by atoms with E-state index in [1.54, 1.807) is 0 Å². The Morgan fingerprint density at radius 2 is 1.52 bits per heavy atom. The number of rotatable bonds is 8. The van der Waals surface area contributed by atoms with Crippen molar-refractivity contribution < 1.29 is 23.7 Å². The Hall–Kier alpha value is -3.73. The van der Waals surface area contributed by atoms with Gasteiger partial charge in [-0.05, 0) is 35.4 Å². The Morgan fingerprint density at radius 3 is 2.28 bits per heavy atom. The average Bonchev–Trinajstić information content (AvgIpc) is 2.77. The number of ether oxygens (including phenoxy) is 4. The van der Waals surface area contributed by atoms with Crippen LogP contribution in [0, 0.1) is 0 Å². The summed E-state index contributed by atoms with van der Waals surface area (Å²) < 4.78 is 21.7. The average molecular weight is 390 g/mol. The van der Waals surface area contributed by atoms with Crippen LogP contribution in [-0.2, 0) is 20.9 Å². The summed E-state index contributed by atoms with van der Waals surface area (Å²) in [6, 6.07) is 24.4. The van der Waals surface area contributed by atoms with Gasteiger partial charge in [-0.1, -0.05) is 48.5 Å². The summed E-state index contributed by atoms with van der Waals surface area (Å²) in [5.41, 5.74) is 1.85. The minimum atomic E-state index is -0.474. The third-order valence-corrected chi connectivity index (χ3v) is 4.13. The summed E-state index contributed by atoms with van der Waals surface area (Å²) in [7, 11) is 2.82. The number of methoxy groups -OCH3 is 2. The first-order valence-electron chi connectivity index (χ1n) is 9.06. The first-order valence-corrected chi connectivity index (χ1v) is 9.06. The molecule has 0 N–H and O–H groups in total. The zero-order chi connectivity index (χ0) is 20.5. The van der Waals surface area contributed by atoms with E-state index in [-0.39, 0.29) is 6.61 Å². The van der Waals surface area contributed by atoms with Crippen LogP contribution >= 0.6 is 0 Å². The van der Waals surface area contributed by atoms with Crippen LogP contribution in [0.1, 0.15) is 11.1 Å². The standard InChI is InChI=1S/C24H22O5/c1-26-17-23(24(25)27-2)22-14-7-6-9-18(22)16-28-20-12-8-13-21(15-20)29-19-10-4-3-5-11-19/h3-15,17H,16H2,1-2H3/b23-17+. The maximum absolute atomic E-state index is 12.1. The first kappa shape index (κ1) is 20.0. The van der Waals surface area contributed by atoms with Crippen molar-refractivity contribution in [1.82, 2.24) is 0 Å². The van der Waals surface area contributed by atoms with Gasteiger partial charge >= 0.3 is 5.97 Å². The Labute approximate surface area is 170 Å². The fourth-order valence-electron chi connectivity index (χ4n) is 2.77. The minimum absolute atomic E-state index is 0.267. The van der Waals surface area contributed by atoms with Crippen LogP contribution in [0.3, 0.4) is 0 Å². The largest absolute Gasteiger partial charge is 0.503 e. The third-order valence-electron chi connectivity index (χ3n) is 4.13. The number of hydrogen-bond acceptors (Lipinski definition) is 5. The fourth-order valence-corrected chi connectivity index (χ4v) is 2.77. The van der Waals surface area contributed by atoms with E-state index in [1.807, 2.05) is 78.9 Å². The number of carbonyl (C=O) groups excluding carboxylic acids is 1. The van der Waals surface area contributed by atoms with Gasteiger partial charge in [0.1, 0.15) is 29.4 Å². The van der Waals surface area contributed by atoms with E-state index in [9.17, 15) is 4.79 Å². The van der Waals surface area contributed by atoms with Crippen LogP contribution in [0.25, 0.3) is 5.57 Å². The SMILES string of the molecule is CO/C=C(/C(=O)OC)c1ccccc1COc1cccc(Oc2ccccc2)c1. The second kappa shape index (κ2) is 9.99. The molecule has 0 heterocycles. The molecule has 0 radical (unpaired) electrons. The Morgan fingerprint density at radius 1 is 0.828 bits per heavy atom. The number of carbonyl (C=O) groups is 1. The van der Waals surface area contributed by atoms with E-state index in [1.165, 1.54) is 20.5 Å². The Kier molecular flexibility index (Phi) is 6.90. The molecule has 0 bridgehead atoms. The second-order valence-corrected chi connectivity index (χ2v) is 6.09. The van der Waals surface area contributed by atoms with Crippen molar-refractivity contribution in [1.29, 1.82) is 0 Å². The van der Waals surface area contributed by atoms with Crippen molar-refractivity contribution in [3.8, 4) is 17.2 Å². The van der Waals surface area contributed by atoms with E-state index in [2.05, 4.69) is 0 Å². The molecule has 0 spiro atoms. The van der Waals surface area contributed by atoms with Crippen molar-refractivity contribution in [3.63, 3.8) is 0 Å². The van der Waals surface area contributed by atoms with E-state index in [4.69, 9.17) is 18.9 Å². The van der Waals surface area contributed by atoms with Crippen molar-refractivity contribution in [2.45, 2.75) is 6.61 Å². The van der Waals surface area contributed by atoms with Gasteiger partial charge < -0.3 is 18.9 Å². The third kappa shape index (κ3) is 5.39. The lowest BCUT2D eigenvalue weighted by Gasteiger charge is -2.13.